The molecule has 0 aliphatic carbocycles. The minimum absolute atomic E-state index is 0.775. The zero-order chi connectivity index (χ0) is 13.2. The number of benzene rings is 2. The second-order valence-electron chi connectivity index (χ2n) is 4.45. The summed E-state index contributed by atoms with van der Waals surface area (Å²) in [6.45, 7) is 2.07. The van der Waals surface area contributed by atoms with E-state index in [1.54, 1.807) is 0 Å². The molecule has 19 heavy (non-hydrogen) atoms. The molecule has 0 bridgehead atoms. The summed E-state index contributed by atoms with van der Waals surface area (Å²) in [6, 6.07) is 18.2. The van der Waals surface area contributed by atoms with E-state index in [0.29, 0.717) is 0 Å². The van der Waals surface area contributed by atoms with Crippen LogP contribution >= 0.6 is 15.9 Å². The maximum atomic E-state index is 5.42. The molecule has 0 N–H and O–H groups in total. The smallest absolute Gasteiger partial charge is 0.167 e. The van der Waals surface area contributed by atoms with Crippen molar-refractivity contribution in [1.29, 1.82) is 0 Å². The molecule has 0 amide bonds. The van der Waals surface area contributed by atoms with Crippen LogP contribution in [0.5, 0.6) is 0 Å². The summed E-state index contributed by atoms with van der Waals surface area (Å²) in [7, 11) is 0. The Morgan fingerprint density at radius 3 is 2.47 bits per heavy atom. The van der Waals surface area contributed by atoms with Crippen LogP contribution in [-0.4, -0.2) is 5.16 Å². The third kappa shape index (κ3) is 2.61. The summed E-state index contributed by atoms with van der Waals surface area (Å²) >= 11 is 3.46. The molecule has 94 valence electrons. The number of rotatable bonds is 2. The summed E-state index contributed by atoms with van der Waals surface area (Å²) in [4.78, 5) is 0. The molecule has 0 atom stereocenters. The molecule has 1 heterocycles. The van der Waals surface area contributed by atoms with Gasteiger partial charge in [-0.2, -0.15) is 0 Å². The van der Waals surface area contributed by atoms with Gasteiger partial charge in [0.1, 0.15) is 5.69 Å². The van der Waals surface area contributed by atoms with Crippen LogP contribution in [0.3, 0.4) is 0 Å². The van der Waals surface area contributed by atoms with Gasteiger partial charge < -0.3 is 4.52 Å². The van der Waals surface area contributed by atoms with Crippen LogP contribution in [0.4, 0.5) is 0 Å². The first-order valence-electron chi connectivity index (χ1n) is 6.02. The number of halogens is 1. The minimum atomic E-state index is 0.775. The summed E-state index contributed by atoms with van der Waals surface area (Å²) < 4.78 is 6.45. The van der Waals surface area contributed by atoms with E-state index in [1.165, 1.54) is 5.56 Å². The second-order valence-corrected chi connectivity index (χ2v) is 5.37. The molecule has 2 nitrogen and oxygen atoms in total. The standard InChI is InChI=1S/C16H12BrNO/c1-11-5-7-12(8-6-11)15-10-16(19-18-15)13-3-2-4-14(17)9-13/h2-10H,1H3. The number of hydrogen-bond acceptors (Lipinski definition) is 2. The molecule has 3 rings (SSSR count). The van der Waals surface area contributed by atoms with Crippen molar-refractivity contribution in [2.75, 3.05) is 0 Å². The lowest BCUT2D eigenvalue weighted by molar-refractivity contribution is 0.435. The molecule has 0 aliphatic rings. The highest BCUT2D eigenvalue weighted by Gasteiger charge is 2.08. The molecule has 0 saturated carbocycles. The normalized spacial score (nSPS) is 10.6. The van der Waals surface area contributed by atoms with Crippen molar-refractivity contribution in [2.24, 2.45) is 0 Å². The van der Waals surface area contributed by atoms with Gasteiger partial charge in [0, 0.05) is 21.7 Å². The van der Waals surface area contributed by atoms with E-state index in [1.807, 2.05) is 30.3 Å². The molecule has 0 unspecified atom stereocenters. The van der Waals surface area contributed by atoms with E-state index in [0.717, 1.165) is 27.1 Å². The Morgan fingerprint density at radius 1 is 0.947 bits per heavy atom. The van der Waals surface area contributed by atoms with Crippen molar-refractivity contribution < 1.29 is 4.52 Å². The van der Waals surface area contributed by atoms with Gasteiger partial charge in [-0.15, -0.1) is 0 Å². The van der Waals surface area contributed by atoms with Gasteiger partial charge in [0.15, 0.2) is 5.76 Å². The Labute approximate surface area is 120 Å². The first-order valence-corrected chi connectivity index (χ1v) is 6.81. The highest BCUT2D eigenvalue weighted by atomic mass is 79.9. The van der Waals surface area contributed by atoms with Crippen molar-refractivity contribution in [1.82, 2.24) is 5.16 Å². The first-order chi connectivity index (χ1) is 9.22. The highest BCUT2D eigenvalue weighted by molar-refractivity contribution is 9.10. The fraction of sp³-hybridized carbons (Fsp3) is 0.0625. The zero-order valence-electron chi connectivity index (χ0n) is 10.4. The quantitative estimate of drug-likeness (QED) is 0.659. The maximum absolute atomic E-state index is 5.42. The van der Waals surface area contributed by atoms with E-state index in [2.05, 4.69) is 52.3 Å². The Balaban J connectivity index is 1.97. The predicted octanol–water partition coefficient (Wildman–Crippen LogP) is 5.08. The maximum Gasteiger partial charge on any atom is 0.167 e. The molecule has 0 saturated heterocycles. The Morgan fingerprint density at radius 2 is 1.74 bits per heavy atom. The average molecular weight is 314 g/mol. The van der Waals surface area contributed by atoms with Crippen molar-refractivity contribution in [3.8, 4) is 22.6 Å². The van der Waals surface area contributed by atoms with Gasteiger partial charge in [-0.1, -0.05) is 63.0 Å². The van der Waals surface area contributed by atoms with E-state index in [-0.39, 0.29) is 0 Å². The van der Waals surface area contributed by atoms with E-state index >= 15 is 0 Å². The number of nitrogens with zero attached hydrogens (tertiary/aromatic N) is 1. The number of aryl methyl sites for hydroxylation is 1. The molecule has 0 radical (unpaired) electrons. The van der Waals surface area contributed by atoms with E-state index < -0.39 is 0 Å². The van der Waals surface area contributed by atoms with Gasteiger partial charge in [-0.05, 0) is 19.1 Å². The van der Waals surface area contributed by atoms with Gasteiger partial charge in [0.05, 0.1) is 0 Å². The molecule has 2 aromatic carbocycles. The topological polar surface area (TPSA) is 26.0 Å². The summed E-state index contributed by atoms with van der Waals surface area (Å²) in [5.41, 5.74) is 4.17. The van der Waals surface area contributed by atoms with Crippen molar-refractivity contribution in [3.05, 3.63) is 64.6 Å². The van der Waals surface area contributed by atoms with Crippen LogP contribution < -0.4 is 0 Å². The van der Waals surface area contributed by atoms with Crippen LogP contribution in [0.1, 0.15) is 5.56 Å². The predicted molar refractivity (Wildman–Crippen MR) is 79.8 cm³/mol. The van der Waals surface area contributed by atoms with E-state index in [9.17, 15) is 0 Å². The van der Waals surface area contributed by atoms with Crippen LogP contribution in [-0.2, 0) is 0 Å². The lowest BCUT2D eigenvalue weighted by Crippen LogP contribution is -1.77. The lowest BCUT2D eigenvalue weighted by atomic mass is 10.1. The molecular formula is C16H12BrNO. The monoisotopic (exact) mass is 313 g/mol. The van der Waals surface area contributed by atoms with Gasteiger partial charge in [0.2, 0.25) is 0 Å². The van der Waals surface area contributed by atoms with Crippen LogP contribution in [0.15, 0.2) is 63.6 Å². The third-order valence-corrected chi connectivity index (χ3v) is 3.46. The van der Waals surface area contributed by atoms with Crippen LogP contribution in [0.25, 0.3) is 22.6 Å². The fourth-order valence-corrected chi connectivity index (χ4v) is 2.31. The average Bonchev–Trinajstić information content (AvgIpc) is 2.89. The summed E-state index contributed by atoms with van der Waals surface area (Å²) in [5, 5.41) is 4.13. The molecular weight excluding hydrogens is 302 g/mol. The van der Waals surface area contributed by atoms with Crippen molar-refractivity contribution in [2.45, 2.75) is 6.92 Å². The Kier molecular flexibility index (Phi) is 3.22. The molecule has 0 spiro atoms. The Bertz CT molecular complexity index is 701. The first kappa shape index (κ1) is 12.2. The van der Waals surface area contributed by atoms with Gasteiger partial charge in [-0.3, -0.25) is 0 Å². The number of hydrogen-bond donors (Lipinski definition) is 0. The Hall–Kier alpha value is -1.87. The molecule has 0 fully saturated rings. The molecule has 3 aromatic rings. The summed E-state index contributed by atoms with van der Waals surface area (Å²) in [6.07, 6.45) is 0. The van der Waals surface area contributed by atoms with Crippen LogP contribution in [0.2, 0.25) is 0 Å². The molecule has 1 aromatic heterocycles. The van der Waals surface area contributed by atoms with Crippen molar-refractivity contribution in [3.63, 3.8) is 0 Å². The van der Waals surface area contributed by atoms with Gasteiger partial charge in [0.25, 0.3) is 0 Å². The van der Waals surface area contributed by atoms with Gasteiger partial charge >= 0.3 is 0 Å². The second kappa shape index (κ2) is 5.02. The van der Waals surface area contributed by atoms with Crippen molar-refractivity contribution >= 4 is 15.9 Å². The minimum Gasteiger partial charge on any atom is -0.356 e. The fourth-order valence-electron chi connectivity index (χ4n) is 1.91. The largest absolute Gasteiger partial charge is 0.356 e. The SMILES string of the molecule is Cc1ccc(-c2cc(-c3cccc(Br)c3)on2)cc1. The summed E-state index contributed by atoms with van der Waals surface area (Å²) in [5.74, 6) is 0.775. The van der Waals surface area contributed by atoms with Gasteiger partial charge in [-0.25, -0.2) is 0 Å². The van der Waals surface area contributed by atoms with E-state index in [4.69, 9.17) is 4.52 Å². The van der Waals surface area contributed by atoms with Crippen LogP contribution in [0, 0.1) is 6.92 Å². The highest BCUT2D eigenvalue weighted by Crippen LogP contribution is 2.27. The zero-order valence-corrected chi connectivity index (χ0v) is 12.0. The molecule has 0 aliphatic heterocycles. The third-order valence-electron chi connectivity index (χ3n) is 2.97. The number of aromatic nitrogens is 1. The molecule has 3 heteroatoms. The lowest BCUT2D eigenvalue weighted by Gasteiger charge is -1.96.